The molecule has 0 aromatic carbocycles. The average Bonchev–Trinajstić information content (AvgIpc) is 2.57. The number of hydrogen-bond donors (Lipinski definition) is 8. The van der Waals surface area contributed by atoms with Gasteiger partial charge in [0.25, 0.3) is 0 Å². The Balaban J connectivity index is 2.91. The summed E-state index contributed by atoms with van der Waals surface area (Å²) in [7, 11) is 0. The van der Waals surface area contributed by atoms with Gasteiger partial charge in [0.1, 0.15) is 42.7 Å². The molecule has 23 heavy (non-hydrogen) atoms. The van der Waals surface area contributed by atoms with E-state index in [1.165, 1.54) is 0 Å². The second-order valence-electron chi connectivity index (χ2n) is 5.10. The van der Waals surface area contributed by atoms with Crippen LogP contribution >= 0.6 is 0 Å². The van der Waals surface area contributed by atoms with Gasteiger partial charge in [0.05, 0.1) is 19.8 Å². The lowest BCUT2D eigenvalue weighted by Gasteiger charge is -2.41. The van der Waals surface area contributed by atoms with Gasteiger partial charge in [-0.2, -0.15) is 0 Å². The van der Waals surface area contributed by atoms with Gasteiger partial charge in [-0.1, -0.05) is 0 Å². The minimum Gasteiger partial charge on any atom is -0.394 e. The summed E-state index contributed by atoms with van der Waals surface area (Å²) in [6.45, 7) is -2.64. The Morgan fingerprint density at radius 3 is 2.09 bits per heavy atom. The van der Waals surface area contributed by atoms with Crippen molar-refractivity contribution in [2.24, 2.45) is 0 Å². The molecular weight excluding hydrogens is 320 g/mol. The molecule has 1 aliphatic rings. The molecule has 11 nitrogen and oxygen atoms in total. The lowest BCUT2D eigenvalue weighted by Crippen LogP contribution is -2.61. The molecule has 1 rings (SSSR count). The summed E-state index contributed by atoms with van der Waals surface area (Å²) in [5, 5.41) is 74.7. The van der Waals surface area contributed by atoms with Crippen LogP contribution in [0.4, 0.5) is 0 Å². The highest BCUT2D eigenvalue weighted by Gasteiger charge is 2.46. The first-order valence-electron chi connectivity index (χ1n) is 6.86. The van der Waals surface area contributed by atoms with E-state index >= 15 is 0 Å². The molecule has 11 heteroatoms. The van der Waals surface area contributed by atoms with Crippen LogP contribution < -0.4 is 0 Å². The second-order valence-corrected chi connectivity index (χ2v) is 5.10. The van der Waals surface area contributed by atoms with E-state index in [0.29, 0.717) is 0 Å². The van der Waals surface area contributed by atoms with Crippen molar-refractivity contribution in [3.8, 4) is 0 Å². The highest BCUT2D eigenvalue weighted by atomic mass is 16.7. The quantitative estimate of drug-likeness (QED) is 0.209. The smallest absolute Gasteiger partial charge is 0.195 e. The van der Waals surface area contributed by atoms with Gasteiger partial charge in [-0.05, 0) is 0 Å². The van der Waals surface area contributed by atoms with Crippen LogP contribution in [-0.4, -0.2) is 115 Å². The molecule has 0 spiro atoms. The average molecular weight is 342 g/mol. The molecule has 0 saturated carbocycles. The molecule has 136 valence electrons. The maximum atomic E-state index is 11.8. The van der Waals surface area contributed by atoms with E-state index in [0.717, 1.165) is 0 Å². The van der Waals surface area contributed by atoms with Crippen LogP contribution in [0.15, 0.2) is 0 Å². The molecule has 0 amide bonds. The highest BCUT2D eigenvalue weighted by molar-refractivity contribution is 5.87. The van der Waals surface area contributed by atoms with E-state index in [9.17, 15) is 30.3 Å². The molecule has 1 unspecified atom stereocenters. The lowest BCUT2D eigenvalue weighted by molar-refractivity contribution is -0.314. The Hall–Kier alpha value is -0.730. The maximum Gasteiger partial charge on any atom is 0.195 e. The van der Waals surface area contributed by atoms with Gasteiger partial charge < -0.3 is 50.3 Å². The molecular formula is C12H22O11. The van der Waals surface area contributed by atoms with Crippen LogP contribution in [0.3, 0.4) is 0 Å². The van der Waals surface area contributed by atoms with E-state index in [-0.39, 0.29) is 0 Å². The monoisotopic (exact) mass is 342 g/mol. The number of aliphatic hydroxyl groups excluding tert-OH is 8. The fourth-order valence-electron chi connectivity index (χ4n) is 2.05. The Morgan fingerprint density at radius 1 is 1.00 bits per heavy atom. The highest BCUT2D eigenvalue weighted by Crippen LogP contribution is 2.24. The van der Waals surface area contributed by atoms with Crippen LogP contribution in [0.2, 0.25) is 0 Å². The minimum atomic E-state index is -1.91. The Kier molecular flexibility index (Phi) is 7.89. The van der Waals surface area contributed by atoms with Crippen molar-refractivity contribution in [1.29, 1.82) is 0 Å². The van der Waals surface area contributed by atoms with E-state index in [1.807, 2.05) is 0 Å². The third-order valence-corrected chi connectivity index (χ3v) is 3.45. The van der Waals surface area contributed by atoms with Gasteiger partial charge in [0.2, 0.25) is 0 Å². The van der Waals surface area contributed by atoms with Gasteiger partial charge in [-0.25, -0.2) is 0 Å². The van der Waals surface area contributed by atoms with Crippen LogP contribution in [-0.2, 0) is 14.3 Å². The Morgan fingerprint density at radius 2 is 1.61 bits per heavy atom. The molecule has 0 radical (unpaired) electrons. The zero-order valence-electron chi connectivity index (χ0n) is 12.0. The largest absolute Gasteiger partial charge is 0.394 e. The van der Waals surface area contributed by atoms with Crippen LogP contribution in [0.5, 0.6) is 0 Å². The SMILES string of the molecule is O=C([C@H](O)CO)[C@H](OC1O[C@H](CO)[C@H](O)[C@H](O)[C@H]1O)[C@H](O)CO. The van der Waals surface area contributed by atoms with Crippen molar-refractivity contribution in [1.82, 2.24) is 0 Å². The van der Waals surface area contributed by atoms with Crippen molar-refractivity contribution in [2.45, 2.75) is 49.0 Å². The van der Waals surface area contributed by atoms with E-state index in [2.05, 4.69) is 0 Å². The van der Waals surface area contributed by atoms with Crippen LogP contribution in [0.25, 0.3) is 0 Å². The summed E-state index contributed by atoms with van der Waals surface area (Å²) in [5.41, 5.74) is 0. The number of Topliss-reactive ketones (excluding diaryl/α,β-unsaturated/α-hetero) is 1. The third kappa shape index (κ3) is 4.64. The molecule has 8 atom stereocenters. The number of carbonyl (C=O) groups excluding carboxylic acids is 1. The van der Waals surface area contributed by atoms with Crippen molar-refractivity contribution in [3.05, 3.63) is 0 Å². The summed E-state index contributed by atoms with van der Waals surface area (Å²) in [4.78, 5) is 11.8. The van der Waals surface area contributed by atoms with Gasteiger partial charge in [-0.15, -0.1) is 0 Å². The topological polar surface area (TPSA) is 197 Å². The van der Waals surface area contributed by atoms with Crippen molar-refractivity contribution in [2.75, 3.05) is 19.8 Å². The second kappa shape index (κ2) is 8.94. The standard InChI is InChI=1S/C12H22O11/c13-1-4(16)7(18)11(5(17)2-14)23-12-10(21)9(20)8(19)6(3-15)22-12/h4-6,8-17,19-21H,1-3H2/t4-,5-,6-,8+,9+,10-,11-,12?/m1/s1. The van der Waals surface area contributed by atoms with Crippen molar-refractivity contribution >= 4 is 5.78 Å². The first-order chi connectivity index (χ1) is 10.8. The molecule has 8 N–H and O–H groups in total. The summed E-state index contributed by atoms with van der Waals surface area (Å²) < 4.78 is 10.0. The number of carbonyl (C=O) groups is 1. The molecule has 0 bridgehead atoms. The minimum absolute atomic E-state index is 0.731. The number of aliphatic hydroxyl groups is 8. The van der Waals surface area contributed by atoms with Crippen LogP contribution in [0.1, 0.15) is 0 Å². The molecule has 1 saturated heterocycles. The molecule has 1 fully saturated rings. The molecule has 1 heterocycles. The molecule has 1 aliphatic heterocycles. The van der Waals surface area contributed by atoms with Gasteiger partial charge >= 0.3 is 0 Å². The first-order valence-corrected chi connectivity index (χ1v) is 6.86. The van der Waals surface area contributed by atoms with E-state index < -0.39 is 74.6 Å². The van der Waals surface area contributed by atoms with Gasteiger partial charge in [-0.3, -0.25) is 4.79 Å². The summed E-state index contributed by atoms with van der Waals surface area (Å²) in [6, 6.07) is 0. The van der Waals surface area contributed by atoms with Crippen molar-refractivity contribution in [3.63, 3.8) is 0 Å². The lowest BCUT2D eigenvalue weighted by atomic mass is 9.99. The van der Waals surface area contributed by atoms with Crippen LogP contribution in [0, 0.1) is 0 Å². The van der Waals surface area contributed by atoms with Gasteiger partial charge in [0.15, 0.2) is 12.1 Å². The normalized spacial score (nSPS) is 35.6. The van der Waals surface area contributed by atoms with Crippen molar-refractivity contribution < 1.29 is 55.1 Å². The number of hydrogen-bond acceptors (Lipinski definition) is 11. The zero-order chi connectivity index (χ0) is 17.7. The Labute approximate surface area is 130 Å². The Bertz CT molecular complexity index is 376. The summed E-state index contributed by atoms with van der Waals surface area (Å²) in [5.74, 6) is -1.19. The zero-order valence-corrected chi connectivity index (χ0v) is 12.0. The van der Waals surface area contributed by atoms with E-state index in [4.69, 9.17) is 24.8 Å². The first kappa shape index (κ1) is 20.3. The summed E-state index contributed by atoms with van der Waals surface area (Å²) in [6.07, 6.45) is -13.9. The van der Waals surface area contributed by atoms with Gasteiger partial charge in [0, 0.05) is 0 Å². The number of ether oxygens (including phenoxy) is 2. The maximum absolute atomic E-state index is 11.8. The fraction of sp³-hybridized carbons (Fsp3) is 0.917. The molecule has 0 aliphatic carbocycles. The predicted octanol–water partition coefficient (Wildman–Crippen LogP) is -5.55. The fourth-order valence-corrected chi connectivity index (χ4v) is 2.05. The van der Waals surface area contributed by atoms with E-state index in [1.54, 1.807) is 0 Å². The number of rotatable bonds is 8. The third-order valence-electron chi connectivity index (χ3n) is 3.45. The molecule has 0 aromatic heterocycles. The summed E-state index contributed by atoms with van der Waals surface area (Å²) >= 11 is 0. The number of ketones is 1. The molecule has 0 aromatic rings. The predicted molar refractivity (Wildman–Crippen MR) is 69.8 cm³/mol.